The molecule has 0 aliphatic rings. The molecule has 0 unspecified atom stereocenters. The lowest BCUT2D eigenvalue weighted by Crippen LogP contribution is -2.13. The van der Waals surface area contributed by atoms with Gasteiger partial charge in [-0.15, -0.1) is 10.2 Å². The van der Waals surface area contributed by atoms with Gasteiger partial charge in [0, 0.05) is 5.92 Å². The lowest BCUT2D eigenvalue weighted by atomic mass is 10.2. The number of ether oxygens (including phenoxy) is 1. The number of rotatable bonds is 6. The zero-order chi connectivity index (χ0) is 18.9. The topological polar surface area (TPSA) is 107 Å². The molecule has 1 aromatic carbocycles. The monoisotopic (exact) mass is 377 g/mol. The Kier molecular flexibility index (Phi) is 4.73. The quantitative estimate of drug-likeness (QED) is 0.699. The van der Waals surface area contributed by atoms with Crippen LogP contribution in [0.4, 0.5) is 5.69 Å². The second kappa shape index (κ2) is 6.83. The van der Waals surface area contributed by atoms with E-state index in [4.69, 9.17) is 13.6 Å². The molecule has 0 spiro atoms. The summed E-state index contributed by atoms with van der Waals surface area (Å²) in [5.41, 5.74) is 1.21. The Morgan fingerprint density at radius 3 is 2.54 bits per heavy atom. The van der Waals surface area contributed by atoms with Gasteiger partial charge in [0.1, 0.15) is 5.75 Å². The van der Waals surface area contributed by atoms with Crippen LogP contribution in [0.2, 0.25) is 0 Å². The predicted octanol–water partition coefficient (Wildman–Crippen LogP) is 3.57. The Morgan fingerprint density at radius 1 is 1.12 bits per heavy atom. The maximum Gasteiger partial charge on any atom is 0.295 e. The second-order valence-electron chi connectivity index (χ2n) is 6.03. The number of methoxy groups -OCH3 is 1. The summed E-state index contributed by atoms with van der Waals surface area (Å²) in [5, 5.41) is 7.52. The number of hydrogen-bond acceptors (Lipinski definition) is 7. The number of hydrogen-bond donors (Lipinski definition) is 1. The number of benzene rings is 1. The molecule has 0 radical (unpaired) electrons. The first-order valence-corrected chi connectivity index (χ1v) is 9.39. The highest BCUT2D eigenvalue weighted by Crippen LogP contribution is 2.30. The summed E-state index contributed by atoms with van der Waals surface area (Å²) in [6, 6.07) is 7.99. The molecule has 0 fully saturated rings. The fourth-order valence-electron chi connectivity index (χ4n) is 2.24. The van der Waals surface area contributed by atoms with Crippen LogP contribution in [0.5, 0.6) is 5.75 Å². The molecule has 0 bridgehead atoms. The summed E-state index contributed by atoms with van der Waals surface area (Å²) in [4.78, 5) is 0. The van der Waals surface area contributed by atoms with Gasteiger partial charge < -0.3 is 13.6 Å². The second-order valence-corrected chi connectivity index (χ2v) is 7.64. The third-order valence-corrected chi connectivity index (χ3v) is 4.83. The van der Waals surface area contributed by atoms with E-state index < -0.39 is 10.0 Å². The largest absolute Gasteiger partial charge is 0.495 e. The van der Waals surface area contributed by atoms with E-state index >= 15 is 0 Å². The lowest BCUT2D eigenvalue weighted by Gasteiger charge is -2.11. The van der Waals surface area contributed by atoms with Gasteiger partial charge in [-0.2, -0.15) is 8.42 Å². The van der Waals surface area contributed by atoms with E-state index in [0.717, 1.165) is 5.56 Å². The Bertz CT molecular complexity index is 1020. The van der Waals surface area contributed by atoms with Crippen LogP contribution >= 0.6 is 0 Å². The molecule has 0 saturated heterocycles. The highest BCUT2D eigenvalue weighted by molar-refractivity contribution is 7.92. The Balaban J connectivity index is 1.89. The van der Waals surface area contributed by atoms with Gasteiger partial charge in [-0.1, -0.05) is 19.9 Å². The van der Waals surface area contributed by atoms with Gasteiger partial charge in [-0.25, -0.2) is 0 Å². The summed E-state index contributed by atoms with van der Waals surface area (Å²) in [7, 11) is -2.48. The highest BCUT2D eigenvalue weighted by Gasteiger charge is 2.23. The number of aryl methyl sites for hydroxylation is 1. The summed E-state index contributed by atoms with van der Waals surface area (Å²) in [5.74, 6) is 1.22. The fourth-order valence-corrected chi connectivity index (χ4v) is 3.24. The van der Waals surface area contributed by atoms with E-state index in [9.17, 15) is 8.42 Å². The first-order chi connectivity index (χ1) is 12.3. The molecule has 9 heteroatoms. The summed E-state index contributed by atoms with van der Waals surface area (Å²) >= 11 is 0. The van der Waals surface area contributed by atoms with Gasteiger partial charge in [0.2, 0.25) is 11.0 Å². The lowest BCUT2D eigenvalue weighted by molar-refractivity contribution is 0.416. The standard InChI is InChI=1S/C17H19N3O5S/c1-10(2)16-18-19-17(25-16)14-7-8-15(24-14)26(21,22)20-12-9-11(3)5-6-13(12)23-4/h5-10,20H,1-4H3. The van der Waals surface area contributed by atoms with Crippen molar-refractivity contribution in [2.75, 3.05) is 11.8 Å². The molecular formula is C17H19N3O5S. The van der Waals surface area contributed by atoms with Crippen LogP contribution < -0.4 is 9.46 Å². The zero-order valence-corrected chi connectivity index (χ0v) is 15.6. The van der Waals surface area contributed by atoms with Gasteiger partial charge in [-0.3, -0.25) is 4.72 Å². The van der Waals surface area contributed by atoms with Crippen molar-refractivity contribution in [3.8, 4) is 17.4 Å². The zero-order valence-electron chi connectivity index (χ0n) is 14.8. The van der Waals surface area contributed by atoms with Crippen molar-refractivity contribution in [3.63, 3.8) is 0 Å². The fraction of sp³-hybridized carbons (Fsp3) is 0.294. The molecule has 1 N–H and O–H groups in total. The molecule has 138 valence electrons. The van der Waals surface area contributed by atoms with E-state index in [1.807, 2.05) is 26.8 Å². The molecule has 2 aromatic heterocycles. The smallest absolute Gasteiger partial charge is 0.295 e. The van der Waals surface area contributed by atoms with Crippen LogP contribution in [0, 0.1) is 6.92 Å². The molecular weight excluding hydrogens is 358 g/mol. The average Bonchev–Trinajstić information content (AvgIpc) is 3.24. The molecule has 26 heavy (non-hydrogen) atoms. The number of anilines is 1. The van der Waals surface area contributed by atoms with E-state index in [1.165, 1.54) is 19.2 Å². The van der Waals surface area contributed by atoms with Gasteiger partial charge >= 0.3 is 0 Å². The number of nitrogens with zero attached hydrogens (tertiary/aromatic N) is 2. The summed E-state index contributed by atoms with van der Waals surface area (Å²) in [6.07, 6.45) is 0. The van der Waals surface area contributed by atoms with E-state index in [0.29, 0.717) is 17.3 Å². The van der Waals surface area contributed by atoms with Crippen molar-refractivity contribution in [1.29, 1.82) is 0 Å². The van der Waals surface area contributed by atoms with E-state index in [1.54, 1.807) is 12.1 Å². The molecule has 0 aliphatic heterocycles. The van der Waals surface area contributed by atoms with Crippen molar-refractivity contribution in [2.45, 2.75) is 31.8 Å². The maximum atomic E-state index is 12.6. The first kappa shape index (κ1) is 18.0. The molecule has 0 atom stereocenters. The normalized spacial score (nSPS) is 11.7. The Morgan fingerprint density at radius 2 is 1.88 bits per heavy atom. The average molecular weight is 377 g/mol. The van der Waals surface area contributed by atoms with Crippen LogP contribution in [0.1, 0.15) is 31.2 Å². The Labute approximate surface area is 151 Å². The van der Waals surface area contributed by atoms with E-state index in [-0.39, 0.29) is 22.7 Å². The molecule has 2 heterocycles. The summed E-state index contributed by atoms with van der Waals surface area (Å²) < 4.78 is 43.8. The van der Waals surface area contributed by atoms with Crippen LogP contribution in [-0.4, -0.2) is 25.7 Å². The molecule has 0 aliphatic carbocycles. The van der Waals surface area contributed by atoms with Crippen LogP contribution in [0.15, 0.2) is 44.3 Å². The number of aromatic nitrogens is 2. The van der Waals surface area contributed by atoms with E-state index in [2.05, 4.69) is 14.9 Å². The van der Waals surface area contributed by atoms with Crippen LogP contribution in [0.3, 0.4) is 0 Å². The first-order valence-electron chi connectivity index (χ1n) is 7.91. The van der Waals surface area contributed by atoms with Gasteiger partial charge in [0.15, 0.2) is 5.76 Å². The number of nitrogens with one attached hydrogen (secondary N) is 1. The van der Waals surface area contributed by atoms with Crippen molar-refractivity contribution in [1.82, 2.24) is 10.2 Å². The van der Waals surface area contributed by atoms with Crippen molar-refractivity contribution in [2.24, 2.45) is 0 Å². The molecule has 0 amide bonds. The molecule has 8 nitrogen and oxygen atoms in total. The van der Waals surface area contributed by atoms with Crippen molar-refractivity contribution in [3.05, 3.63) is 41.8 Å². The van der Waals surface area contributed by atoms with Crippen molar-refractivity contribution < 1.29 is 22.0 Å². The van der Waals surface area contributed by atoms with Gasteiger partial charge in [0.05, 0.1) is 12.8 Å². The minimum Gasteiger partial charge on any atom is -0.495 e. The maximum absolute atomic E-state index is 12.6. The summed E-state index contributed by atoms with van der Waals surface area (Å²) in [6.45, 7) is 5.67. The highest BCUT2D eigenvalue weighted by atomic mass is 32.2. The third kappa shape index (κ3) is 3.57. The molecule has 3 rings (SSSR count). The minimum absolute atomic E-state index is 0.0601. The predicted molar refractivity (Wildman–Crippen MR) is 94.6 cm³/mol. The number of sulfonamides is 1. The SMILES string of the molecule is COc1ccc(C)cc1NS(=O)(=O)c1ccc(-c2nnc(C(C)C)o2)o1. The Hall–Kier alpha value is -2.81. The van der Waals surface area contributed by atoms with Crippen LogP contribution in [0.25, 0.3) is 11.7 Å². The molecule has 3 aromatic rings. The molecule has 0 saturated carbocycles. The third-order valence-electron chi connectivity index (χ3n) is 3.59. The van der Waals surface area contributed by atoms with Gasteiger partial charge in [-0.05, 0) is 36.8 Å². The number of furan rings is 1. The minimum atomic E-state index is -3.95. The van der Waals surface area contributed by atoms with Crippen LogP contribution in [-0.2, 0) is 10.0 Å². The van der Waals surface area contributed by atoms with Crippen molar-refractivity contribution >= 4 is 15.7 Å². The van der Waals surface area contributed by atoms with Gasteiger partial charge in [0.25, 0.3) is 15.9 Å².